The lowest BCUT2D eigenvalue weighted by atomic mass is 9.99. The Bertz CT molecular complexity index is 711. The van der Waals surface area contributed by atoms with Crippen molar-refractivity contribution in [3.05, 3.63) is 28.5 Å². The van der Waals surface area contributed by atoms with Crippen molar-refractivity contribution in [2.24, 2.45) is 7.05 Å². The van der Waals surface area contributed by atoms with Gasteiger partial charge in [-0.3, -0.25) is 9.69 Å². The molecule has 0 spiro atoms. The van der Waals surface area contributed by atoms with Crippen molar-refractivity contribution in [2.75, 3.05) is 20.7 Å². The highest BCUT2D eigenvalue weighted by atomic mass is 32.1. The molecule has 1 amide bonds. The van der Waals surface area contributed by atoms with Crippen molar-refractivity contribution in [1.82, 2.24) is 25.0 Å². The molecule has 1 aliphatic heterocycles. The number of carbonyl (C=O) groups is 1. The van der Waals surface area contributed by atoms with Crippen molar-refractivity contribution in [3.63, 3.8) is 0 Å². The van der Waals surface area contributed by atoms with Crippen LogP contribution in [0.1, 0.15) is 46.5 Å². The van der Waals surface area contributed by atoms with Crippen molar-refractivity contribution in [2.45, 2.75) is 31.8 Å². The summed E-state index contributed by atoms with van der Waals surface area (Å²) in [7, 11) is 5.23. The average Bonchev–Trinajstić information content (AvgIpc) is 3.21. The predicted octanol–water partition coefficient (Wildman–Crippen LogP) is 1.97. The van der Waals surface area contributed by atoms with Gasteiger partial charge in [0.15, 0.2) is 0 Å². The highest BCUT2D eigenvalue weighted by molar-refractivity contribution is 7.13. The zero-order chi connectivity index (χ0) is 17.1. The second-order valence-electron chi connectivity index (χ2n) is 5.93. The smallest absolute Gasteiger partial charge is 0.293 e. The molecule has 1 saturated heterocycles. The number of nitrogens with zero attached hydrogens (tertiary/aromatic N) is 4. The quantitative estimate of drug-likeness (QED) is 0.893. The Hall–Kier alpha value is -1.93. The third-order valence-corrected chi connectivity index (χ3v) is 5.41. The van der Waals surface area contributed by atoms with Crippen molar-refractivity contribution in [1.29, 1.82) is 0 Å². The monoisotopic (exact) mass is 349 g/mol. The van der Waals surface area contributed by atoms with E-state index in [9.17, 15) is 4.79 Å². The predicted molar refractivity (Wildman–Crippen MR) is 92.3 cm³/mol. The third-order valence-electron chi connectivity index (χ3n) is 4.54. The van der Waals surface area contributed by atoms with Gasteiger partial charge in [-0.1, -0.05) is 17.8 Å². The Kier molecular flexibility index (Phi) is 5.15. The fraction of sp³-hybridized carbons (Fsp3) is 0.562. The van der Waals surface area contributed by atoms with E-state index in [0.717, 1.165) is 24.5 Å². The minimum absolute atomic E-state index is 0.0556. The van der Waals surface area contributed by atoms with E-state index < -0.39 is 0 Å². The van der Waals surface area contributed by atoms with E-state index in [-0.39, 0.29) is 11.9 Å². The second-order valence-corrected chi connectivity index (χ2v) is 6.95. The van der Waals surface area contributed by atoms with E-state index in [1.165, 1.54) is 29.9 Å². The first-order valence-corrected chi connectivity index (χ1v) is 8.93. The van der Waals surface area contributed by atoms with E-state index in [0.29, 0.717) is 10.9 Å². The highest BCUT2D eigenvalue weighted by Crippen LogP contribution is 2.33. The van der Waals surface area contributed by atoms with Gasteiger partial charge in [0.25, 0.3) is 11.1 Å². The van der Waals surface area contributed by atoms with Gasteiger partial charge in [0.2, 0.25) is 0 Å². The van der Waals surface area contributed by atoms with Crippen LogP contribution in [0.15, 0.2) is 12.1 Å². The Morgan fingerprint density at radius 3 is 2.96 bits per heavy atom. The fourth-order valence-corrected chi connectivity index (χ4v) is 3.97. The molecule has 1 atom stereocenters. The number of hydrogen-bond acceptors (Lipinski definition) is 6. The van der Waals surface area contributed by atoms with Gasteiger partial charge in [0, 0.05) is 19.8 Å². The normalized spacial score (nSPS) is 18.5. The summed E-state index contributed by atoms with van der Waals surface area (Å²) < 4.78 is 7.14. The van der Waals surface area contributed by atoms with E-state index in [4.69, 9.17) is 4.74 Å². The lowest BCUT2D eigenvalue weighted by Crippen LogP contribution is -2.34. The summed E-state index contributed by atoms with van der Waals surface area (Å²) in [6.45, 7) is 1.78. The molecule has 3 rings (SSSR count). The maximum atomic E-state index is 12.0. The van der Waals surface area contributed by atoms with Crippen LogP contribution in [0, 0.1) is 0 Å². The molecule has 7 nitrogen and oxygen atoms in total. The van der Waals surface area contributed by atoms with Gasteiger partial charge in [0.1, 0.15) is 10.7 Å². The van der Waals surface area contributed by atoms with Gasteiger partial charge in [-0.15, -0.1) is 10.2 Å². The SMILES string of the molecule is CNC(=O)c1ccc(C2CCCCN2Cc2nnc(OC)s2)n1C. The van der Waals surface area contributed by atoms with Gasteiger partial charge in [-0.05, 0) is 31.5 Å². The van der Waals surface area contributed by atoms with Crippen LogP contribution in [-0.4, -0.2) is 46.3 Å². The molecular weight excluding hydrogens is 326 g/mol. The van der Waals surface area contributed by atoms with E-state index in [1.807, 2.05) is 17.7 Å². The highest BCUT2D eigenvalue weighted by Gasteiger charge is 2.28. The van der Waals surface area contributed by atoms with Crippen molar-refractivity contribution < 1.29 is 9.53 Å². The maximum Gasteiger partial charge on any atom is 0.293 e. The Morgan fingerprint density at radius 2 is 2.25 bits per heavy atom. The Morgan fingerprint density at radius 1 is 1.42 bits per heavy atom. The Balaban J connectivity index is 1.82. The number of amides is 1. The first kappa shape index (κ1) is 16.9. The van der Waals surface area contributed by atoms with Gasteiger partial charge < -0.3 is 14.6 Å². The van der Waals surface area contributed by atoms with Gasteiger partial charge in [-0.2, -0.15) is 0 Å². The van der Waals surface area contributed by atoms with Crippen LogP contribution >= 0.6 is 11.3 Å². The van der Waals surface area contributed by atoms with Gasteiger partial charge in [0.05, 0.1) is 19.7 Å². The third kappa shape index (κ3) is 3.29. The van der Waals surface area contributed by atoms with E-state index in [1.54, 1.807) is 14.2 Å². The summed E-state index contributed by atoms with van der Waals surface area (Å²) in [5, 5.41) is 12.5. The second kappa shape index (κ2) is 7.31. The van der Waals surface area contributed by atoms with Crippen molar-refractivity contribution in [3.8, 4) is 5.19 Å². The molecule has 2 aromatic rings. The minimum atomic E-state index is -0.0556. The van der Waals surface area contributed by atoms with Crippen LogP contribution in [0.5, 0.6) is 5.19 Å². The van der Waals surface area contributed by atoms with E-state index in [2.05, 4.69) is 26.5 Å². The molecule has 130 valence electrons. The van der Waals surface area contributed by atoms with Crippen LogP contribution in [0.3, 0.4) is 0 Å². The number of hydrogen-bond donors (Lipinski definition) is 1. The molecular formula is C16H23N5O2S. The maximum absolute atomic E-state index is 12.0. The molecule has 1 N–H and O–H groups in total. The minimum Gasteiger partial charge on any atom is -0.472 e. The summed E-state index contributed by atoms with van der Waals surface area (Å²) in [5.74, 6) is -0.0556. The molecule has 0 radical (unpaired) electrons. The number of methoxy groups -OCH3 is 1. The van der Waals surface area contributed by atoms with E-state index >= 15 is 0 Å². The van der Waals surface area contributed by atoms with Gasteiger partial charge in [-0.25, -0.2) is 0 Å². The molecule has 0 aromatic carbocycles. The molecule has 8 heteroatoms. The lowest BCUT2D eigenvalue weighted by Gasteiger charge is -2.35. The van der Waals surface area contributed by atoms with Gasteiger partial charge >= 0.3 is 0 Å². The average molecular weight is 349 g/mol. The topological polar surface area (TPSA) is 72.3 Å². The Labute approximate surface area is 145 Å². The number of piperidine rings is 1. The van der Waals surface area contributed by atoms with Crippen LogP contribution in [0.2, 0.25) is 0 Å². The first-order chi connectivity index (χ1) is 11.6. The molecule has 1 unspecified atom stereocenters. The first-order valence-electron chi connectivity index (χ1n) is 8.12. The van der Waals surface area contributed by atoms with Crippen LogP contribution in [0.25, 0.3) is 0 Å². The van der Waals surface area contributed by atoms with Crippen LogP contribution in [-0.2, 0) is 13.6 Å². The zero-order valence-electron chi connectivity index (χ0n) is 14.3. The molecule has 2 aromatic heterocycles. The number of aromatic nitrogens is 3. The van der Waals surface area contributed by atoms with Crippen LogP contribution in [0.4, 0.5) is 0 Å². The molecule has 1 fully saturated rings. The fourth-order valence-electron chi connectivity index (χ4n) is 3.29. The molecule has 1 aliphatic rings. The largest absolute Gasteiger partial charge is 0.472 e. The number of rotatable bonds is 5. The number of carbonyl (C=O) groups excluding carboxylic acids is 1. The summed E-state index contributed by atoms with van der Waals surface area (Å²) in [6.07, 6.45) is 3.46. The molecule has 0 aliphatic carbocycles. The molecule has 24 heavy (non-hydrogen) atoms. The number of likely N-dealkylation sites (tertiary alicyclic amines) is 1. The standard InChI is InChI=1S/C16H23N5O2S/c1-17-15(22)13-8-7-11(20(13)2)12-6-4-5-9-21(12)10-14-18-19-16(23-3)24-14/h7-8,12H,4-6,9-10H2,1-3H3,(H,17,22). The summed E-state index contributed by atoms with van der Waals surface area (Å²) in [5.41, 5.74) is 1.86. The summed E-state index contributed by atoms with van der Waals surface area (Å²) in [4.78, 5) is 14.4. The summed E-state index contributed by atoms with van der Waals surface area (Å²) in [6, 6.07) is 4.25. The molecule has 0 saturated carbocycles. The van der Waals surface area contributed by atoms with Crippen LogP contribution < -0.4 is 10.1 Å². The number of nitrogens with one attached hydrogen (secondary N) is 1. The molecule has 0 bridgehead atoms. The zero-order valence-corrected chi connectivity index (χ0v) is 15.1. The lowest BCUT2D eigenvalue weighted by molar-refractivity contribution is 0.0952. The molecule has 3 heterocycles. The summed E-state index contributed by atoms with van der Waals surface area (Å²) >= 11 is 1.48. The number of ether oxygens (including phenoxy) is 1. The van der Waals surface area contributed by atoms with Crippen molar-refractivity contribution >= 4 is 17.2 Å².